The molecule has 0 atom stereocenters. The van der Waals surface area contributed by atoms with Crippen molar-refractivity contribution < 1.29 is 14.1 Å². The molecule has 0 radical (unpaired) electrons. The minimum atomic E-state index is -0.343. The molecule has 6 heteroatoms. The molecular formula is C16H16N2O3S. The minimum Gasteiger partial charge on any atom is -0.462 e. The van der Waals surface area contributed by atoms with Gasteiger partial charge in [0.2, 0.25) is 0 Å². The number of aromatic nitrogens is 2. The summed E-state index contributed by atoms with van der Waals surface area (Å²) in [7, 11) is 0. The van der Waals surface area contributed by atoms with Crippen molar-refractivity contribution in [2.45, 2.75) is 27.2 Å². The highest BCUT2D eigenvalue weighted by atomic mass is 32.1. The second kappa shape index (κ2) is 5.88. The Labute approximate surface area is 131 Å². The van der Waals surface area contributed by atoms with Crippen molar-refractivity contribution in [2.24, 2.45) is 0 Å². The topological polar surface area (TPSA) is 65.2 Å². The van der Waals surface area contributed by atoms with E-state index in [-0.39, 0.29) is 5.97 Å². The van der Waals surface area contributed by atoms with E-state index >= 15 is 0 Å². The van der Waals surface area contributed by atoms with Crippen LogP contribution in [0, 0.1) is 6.92 Å². The lowest BCUT2D eigenvalue weighted by Crippen LogP contribution is -2.03. The van der Waals surface area contributed by atoms with E-state index < -0.39 is 0 Å². The molecule has 5 nitrogen and oxygen atoms in total. The van der Waals surface area contributed by atoms with Crippen molar-refractivity contribution in [3.63, 3.8) is 0 Å². The predicted molar refractivity (Wildman–Crippen MR) is 85.2 cm³/mol. The Balaban J connectivity index is 2.05. The number of carbonyl (C=O) groups is 1. The Morgan fingerprint density at radius 2 is 2.18 bits per heavy atom. The monoisotopic (exact) mass is 316 g/mol. The van der Waals surface area contributed by atoms with Gasteiger partial charge in [0.05, 0.1) is 17.7 Å². The summed E-state index contributed by atoms with van der Waals surface area (Å²) in [5, 5.41) is 5.70. The smallest absolute Gasteiger partial charge is 0.350 e. The van der Waals surface area contributed by atoms with Gasteiger partial charge in [-0.05, 0) is 38.0 Å². The molecule has 0 unspecified atom stereocenters. The third-order valence-electron chi connectivity index (χ3n) is 3.40. The van der Waals surface area contributed by atoms with Gasteiger partial charge in [-0.1, -0.05) is 18.1 Å². The van der Waals surface area contributed by atoms with Gasteiger partial charge in [0.15, 0.2) is 5.58 Å². The van der Waals surface area contributed by atoms with Crippen LogP contribution < -0.4 is 0 Å². The van der Waals surface area contributed by atoms with Crippen molar-refractivity contribution in [3.05, 3.63) is 34.3 Å². The highest BCUT2D eigenvalue weighted by Crippen LogP contribution is 2.33. The lowest BCUT2D eigenvalue weighted by Gasteiger charge is -1.97. The fourth-order valence-corrected chi connectivity index (χ4v) is 3.20. The first-order valence-corrected chi connectivity index (χ1v) is 7.98. The van der Waals surface area contributed by atoms with Gasteiger partial charge < -0.3 is 9.26 Å². The molecule has 2 aromatic heterocycles. The van der Waals surface area contributed by atoms with Crippen LogP contribution in [-0.2, 0) is 11.2 Å². The van der Waals surface area contributed by atoms with Crippen molar-refractivity contribution in [2.75, 3.05) is 6.61 Å². The van der Waals surface area contributed by atoms with E-state index in [1.165, 1.54) is 16.9 Å². The number of hydrogen-bond donors (Lipinski definition) is 0. The Bertz CT molecular complexity index is 835. The molecule has 0 bridgehead atoms. The van der Waals surface area contributed by atoms with Crippen molar-refractivity contribution >= 4 is 28.3 Å². The third-order valence-corrected chi connectivity index (χ3v) is 4.55. The molecule has 0 saturated carbocycles. The van der Waals surface area contributed by atoms with Crippen LogP contribution >= 0.6 is 11.3 Å². The number of thiazole rings is 1. The zero-order valence-electron chi connectivity index (χ0n) is 12.7. The van der Waals surface area contributed by atoms with E-state index in [9.17, 15) is 4.79 Å². The van der Waals surface area contributed by atoms with Gasteiger partial charge in [0, 0.05) is 0 Å². The molecule has 2 heterocycles. The molecule has 1 aromatic carbocycles. The highest BCUT2D eigenvalue weighted by molar-refractivity contribution is 7.17. The molecule has 0 aliphatic carbocycles. The average molecular weight is 316 g/mol. The number of fused-ring (bicyclic) bond motifs is 1. The Kier molecular flexibility index (Phi) is 3.94. The second-order valence-corrected chi connectivity index (χ2v) is 5.87. The van der Waals surface area contributed by atoms with E-state index in [1.807, 2.05) is 12.1 Å². The number of ether oxygens (including phenoxy) is 1. The molecule has 0 fully saturated rings. The standard InChI is InChI=1S/C16H16N2O3S/c1-4-10-6-7-11-12(8-10)21-18-13(11)15-17-9(3)14(22-15)16(19)20-5-2/h6-8H,4-5H2,1-3H3. The second-order valence-electron chi connectivity index (χ2n) is 4.87. The lowest BCUT2D eigenvalue weighted by molar-refractivity contribution is 0.0531. The molecule has 0 saturated heterocycles. The number of carbonyl (C=O) groups excluding carboxylic acids is 1. The number of aryl methyl sites for hydroxylation is 2. The first kappa shape index (κ1) is 14.7. The van der Waals surface area contributed by atoms with Crippen LogP contribution in [0.25, 0.3) is 21.7 Å². The van der Waals surface area contributed by atoms with Gasteiger partial charge in [-0.15, -0.1) is 11.3 Å². The van der Waals surface area contributed by atoms with Crippen LogP contribution in [0.2, 0.25) is 0 Å². The van der Waals surface area contributed by atoms with E-state index in [4.69, 9.17) is 9.26 Å². The number of hydrogen-bond acceptors (Lipinski definition) is 6. The summed E-state index contributed by atoms with van der Waals surface area (Å²) in [5.74, 6) is -0.343. The lowest BCUT2D eigenvalue weighted by atomic mass is 10.1. The summed E-state index contributed by atoms with van der Waals surface area (Å²) in [5.41, 5.74) is 3.25. The van der Waals surface area contributed by atoms with Crippen LogP contribution in [0.5, 0.6) is 0 Å². The van der Waals surface area contributed by atoms with Crippen molar-refractivity contribution in [3.8, 4) is 10.7 Å². The summed E-state index contributed by atoms with van der Waals surface area (Å²) in [6, 6.07) is 6.02. The summed E-state index contributed by atoms with van der Waals surface area (Å²) in [6.45, 7) is 6.02. The van der Waals surface area contributed by atoms with E-state index in [0.717, 1.165) is 17.4 Å². The van der Waals surface area contributed by atoms with Crippen LogP contribution in [0.4, 0.5) is 0 Å². The molecule has 0 aliphatic heterocycles. The van der Waals surface area contributed by atoms with Gasteiger partial charge in [0.1, 0.15) is 15.6 Å². The normalized spacial score (nSPS) is 11.0. The molecule has 0 spiro atoms. The van der Waals surface area contributed by atoms with Gasteiger partial charge in [0.25, 0.3) is 0 Å². The zero-order valence-corrected chi connectivity index (χ0v) is 13.5. The first-order chi connectivity index (χ1) is 10.6. The SMILES string of the molecule is CCOC(=O)c1sc(-c2noc3cc(CC)ccc23)nc1C. The van der Waals surface area contributed by atoms with Gasteiger partial charge in [-0.2, -0.15) is 0 Å². The maximum absolute atomic E-state index is 11.9. The Hall–Kier alpha value is -2.21. The summed E-state index contributed by atoms with van der Waals surface area (Å²) >= 11 is 1.28. The highest BCUT2D eigenvalue weighted by Gasteiger charge is 2.20. The van der Waals surface area contributed by atoms with Gasteiger partial charge in [-0.25, -0.2) is 9.78 Å². The quantitative estimate of drug-likeness (QED) is 0.681. The van der Waals surface area contributed by atoms with Crippen LogP contribution in [0.1, 0.15) is 34.8 Å². The number of rotatable bonds is 4. The largest absolute Gasteiger partial charge is 0.462 e. The van der Waals surface area contributed by atoms with Crippen LogP contribution in [0.3, 0.4) is 0 Å². The fourth-order valence-electron chi connectivity index (χ4n) is 2.24. The Morgan fingerprint density at radius 1 is 1.36 bits per heavy atom. The Morgan fingerprint density at radius 3 is 2.91 bits per heavy atom. The van der Waals surface area contributed by atoms with Gasteiger partial charge in [-0.3, -0.25) is 0 Å². The number of nitrogens with zero attached hydrogens (tertiary/aromatic N) is 2. The molecular weight excluding hydrogens is 300 g/mol. The summed E-state index contributed by atoms with van der Waals surface area (Å²) < 4.78 is 10.4. The molecule has 22 heavy (non-hydrogen) atoms. The van der Waals surface area contributed by atoms with Crippen molar-refractivity contribution in [1.29, 1.82) is 0 Å². The summed E-state index contributed by atoms with van der Waals surface area (Å²) in [6.07, 6.45) is 0.940. The zero-order chi connectivity index (χ0) is 15.7. The van der Waals surface area contributed by atoms with Crippen LogP contribution in [0.15, 0.2) is 22.7 Å². The molecule has 3 aromatic rings. The minimum absolute atomic E-state index is 0.343. The molecule has 114 valence electrons. The van der Waals surface area contributed by atoms with E-state index in [1.54, 1.807) is 13.8 Å². The number of esters is 1. The molecule has 0 N–H and O–H groups in total. The third kappa shape index (κ3) is 2.50. The van der Waals surface area contributed by atoms with Crippen LogP contribution in [-0.4, -0.2) is 22.7 Å². The number of benzene rings is 1. The maximum atomic E-state index is 11.9. The summed E-state index contributed by atoms with van der Waals surface area (Å²) in [4.78, 5) is 16.9. The van der Waals surface area contributed by atoms with Gasteiger partial charge >= 0.3 is 5.97 Å². The molecule has 3 rings (SSSR count). The fraction of sp³-hybridized carbons (Fsp3) is 0.312. The predicted octanol–water partition coefficient (Wildman–Crippen LogP) is 4.00. The van der Waals surface area contributed by atoms with Crippen molar-refractivity contribution in [1.82, 2.24) is 10.1 Å². The van der Waals surface area contributed by atoms with E-state index in [2.05, 4.69) is 23.1 Å². The molecule has 0 amide bonds. The molecule has 0 aliphatic rings. The average Bonchev–Trinajstić information content (AvgIpc) is 3.10. The maximum Gasteiger partial charge on any atom is 0.350 e. The first-order valence-electron chi connectivity index (χ1n) is 7.17. The van der Waals surface area contributed by atoms with E-state index in [0.29, 0.717) is 27.9 Å².